The minimum atomic E-state index is -1.41. The molecular weight excluding hydrogens is 624 g/mol. The van der Waals surface area contributed by atoms with E-state index in [1.165, 1.54) is 31.2 Å². The summed E-state index contributed by atoms with van der Waals surface area (Å²) in [6.45, 7) is 5.69. The number of carbonyl (C=O) groups is 3. The van der Waals surface area contributed by atoms with Crippen LogP contribution in [0.3, 0.4) is 0 Å². The summed E-state index contributed by atoms with van der Waals surface area (Å²) in [5.41, 5.74) is 3.17. The van der Waals surface area contributed by atoms with Crippen LogP contribution in [0.5, 0.6) is 0 Å². The zero-order valence-corrected chi connectivity index (χ0v) is 26.5. The van der Waals surface area contributed by atoms with Crippen molar-refractivity contribution in [2.45, 2.75) is 46.4 Å². The molecule has 48 heavy (non-hydrogen) atoms. The lowest BCUT2D eigenvalue weighted by Crippen LogP contribution is -2.57. The number of benzene rings is 3. The van der Waals surface area contributed by atoms with Gasteiger partial charge in [0.05, 0.1) is 22.6 Å². The molecule has 0 aromatic heterocycles. The third-order valence-corrected chi connectivity index (χ3v) is 6.79. The smallest absolute Gasteiger partial charge is 0.411 e. The van der Waals surface area contributed by atoms with Crippen LogP contribution in [0.15, 0.2) is 69.6 Å². The van der Waals surface area contributed by atoms with Gasteiger partial charge in [0.25, 0.3) is 0 Å². The molecule has 0 spiro atoms. The molecule has 3 aromatic rings. The third kappa shape index (κ3) is 11.2. The Kier molecular flexibility index (Phi) is 13.0. The summed E-state index contributed by atoms with van der Waals surface area (Å²) in [6.07, 6.45) is 1.73. The predicted molar refractivity (Wildman–Crippen MR) is 172 cm³/mol. The normalized spacial score (nSPS) is 11.2. The molecule has 0 saturated heterocycles. The standard InChI is InChI=1S/C33H32N6O9/c1-21-5-8-24(11-27(21)35-18-40)14-46-30(43)34-16-33(4,17-48-31(44)38-26-10-7-23(3)29(13-26)37-20-42)39-32(45)47-15-25-9-6-22(2)28(12-25)36-19-41/h5-13H,14-17H2,1-4H3,(H,34,43)(H,38,44)(H,39,45). The Morgan fingerprint density at radius 3 is 1.67 bits per heavy atom. The molecule has 0 heterocycles. The number of anilines is 1. The second-order valence-corrected chi connectivity index (χ2v) is 10.7. The first-order valence-electron chi connectivity index (χ1n) is 14.3. The van der Waals surface area contributed by atoms with E-state index in [0.717, 1.165) is 11.1 Å². The Morgan fingerprint density at radius 2 is 1.15 bits per heavy atom. The van der Waals surface area contributed by atoms with E-state index in [4.69, 9.17) is 14.2 Å². The van der Waals surface area contributed by atoms with Gasteiger partial charge in [-0.05, 0) is 79.8 Å². The Morgan fingerprint density at radius 1 is 0.667 bits per heavy atom. The van der Waals surface area contributed by atoms with Crippen molar-refractivity contribution in [2.24, 2.45) is 15.0 Å². The van der Waals surface area contributed by atoms with Crippen LogP contribution in [0, 0.1) is 20.8 Å². The lowest BCUT2D eigenvalue weighted by atomic mass is 10.0. The van der Waals surface area contributed by atoms with E-state index in [1.54, 1.807) is 69.3 Å². The zero-order chi connectivity index (χ0) is 35.1. The molecule has 0 aliphatic heterocycles. The maximum Gasteiger partial charge on any atom is 0.411 e. The number of ether oxygens (including phenoxy) is 3. The molecule has 15 heteroatoms. The van der Waals surface area contributed by atoms with Crippen molar-refractivity contribution >= 4 is 59.3 Å². The van der Waals surface area contributed by atoms with Crippen molar-refractivity contribution in [3.8, 4) is 0 Å². The summed E-state index contributed by atoms with van der Waals surface area (Å²) < 4.78 is 16.0. The molecular formula is C33H32N6O9. The molecule has 3 aromatic carbocycles. The molecule has 248 valence electrons. The lowest BCUT2D eigenvalue weighted by Gasteiger charge is -2.30. The summed E-state index contributed by atoms with van der Waals surface area (Å²) in [5, 5.41) is 7.63. The summed E-state index contributed by atoms with van der Waals surface area (Å²) in [6, 6.07) is 14.6. The first-order valence-corrected chi connectivity index (χ1v) is 14.3. The molecule has 0 saturated carbocycles. The molecule has 0 radical (unpaired) electrons. The SMILES string of the molecule is Cc1ccc(COC(=O)NCC(C)(COC(=O)Nc2ccc(C)c(N=C=O)c2)NC(=O)OCc2ccc(C)c(N=C=O)c2)cc1N=C=O. The largest absolute Gasteiger partial charge is 0.447 e. The van der Waals surface area contributed by atoms with Crippen molar-refractivity contribution in [3.63, 3.8) is 0 Å². The first-order chi connectivity index (χ1) is 22.9. The van der Waals surface area contributed by atoms with Crippen LogP contribution < -0.4 is 16.0 Å². The Labute approximate surface area is 275 Å². The average Bonchev–Trinajstić information content (AvgIpc) is 3.05. The Balaban J connectivity index is 1.67. The van der Waals surface area contributed by atoms with Crippen LogP contribution in [0.25, 0.3) is 0 Å². The second-order valence-electron chi connectivity index (χ2n) is 10.7. The number of amides is 3. The third-order valence-electron chi connectivity index (χ3n) is 6.79. The van der Waals surface area contributed by atoms with Crippen LogP contribution in [0.4, 0.5) is 37.1 Å². The average molecular weight is 657 g/mol. The number of nitrogens with zero attached hydrogens (tertiary/aromatic N) is 3. The van der Waals surface area contributed by atoms with E-state index < -0.39 is 30.4 Å². The van der Waals surface area contributed by atoms with Gasteiger partial charge in [0.15, 0.2) is 0 Å². The number of isocyanates is 3. The van der Waals surface area contributed by atoms with Crippen molar-refractivity contribution in [2.75, 3.05) is 18.5 Å². The molecule has 15 nitrogen and oxygen atoms in total. The topological polar surface area (TPSA) is 203 Å². The van der Waals surface area contributed by atoms with Crippen LogP contribution in [-0.2, 0) is 41.8 Å². The summed E-state index contributed by atoms with van der Waals surface area (Å²) in [5.74, 6) is 0. The molecule has 1 atom stereocenters. The van der Waals surface area contributed by atoms with E-state index in [1.807, 2.05) is 0 Å². The molecule has 0 aliphatic rings. The lowest BCUT2D eigenvalue weighted by molar-refractivity contribution is 0.0934. The fraction of sp³-hybridized carbons (Fsp3) is 0.273. The minimum absolute atomic E-state index is 0.155. The van der Waals surface area contributed by atoms with Gasteiger partial charge < -0.3 is 24.8 Å². The fourth-order valence-electron chi connectivity index (χ4n) is 4.09. The maximum atomic E-state index is 12.8. The van der Waals surface area contributed by atoms with Gasteiger partial charge in [-0.2, -0.15) is 15.0 Å². The Bertz CT molecular complexity index is 1830. The van der Waals surface area contributed by atoms with E-state index in [0.29, 0.717) is 33.8 Å². The van der Waals surface area contributed by atoms with Crippen molar-refractivity contribution in [1.82, 2.24) is 10.6 Å². The Hall–Kier alpha value is -6.39. The summed E-state index contributed by atoms with van der Waals surface area (Å²) in [7, 11) is 0. The fourth-order valence-corrected chi connectivity index (χ4v) is 4.09. The quantitative estimate of drug-likeness (QED) is 0.118. The van der Waals surface area contributed by atoms with Crippen molar-refractivity contribution in [3.05, 3.63) is 82.4 Å². The minimum Gasteiger partial charge on any atom is -0.447 e. The summed E-state index contributed by atoms with van der Waals surface area (Å²) >= 11 is 0. The van der Waals surface area contributed by atoms with Gasteiger partial charge >= 0.3 is 18.3 Å². The van der Waals surface area contributed by atoms with Gasteiger partial charge in [-0.1, -0.05) is 30.3 Å². The summed E-state index contributed by atoms with van der Waals surface area (Å²) in [4.78, 5) is 81.0. The molecule has 0 aliphatic carbocycles. The highest BCUT2D eigenvalue weighted by Crippen LogP contribution is 2.23. The number of alkyl carbamates (subject to hydrolysis) is 2. The van der Waals surface area contributed by atoms with Crippen LogP contribution in [0.2, 0.25) is 0 Å². The van der Waals surface area contributed by atoms with Gasteiger partial charge in [-0.3, -0.25) is 5.32 Å². The monoisotopic (exact) mass is 656 g/mol. The molecule has 0 fully saturated rings. The number of aryl methyl sites for hydroxylation is 3. The van der Waals surface area contributed by atoms with E-state index in [-0.39, 0.29) is 25.4 Å². The van der Waals surface area contributed by atoms with Gasteiger partial charge in [0.2, 0.25) is 18.2 Å². The molecule has 1 unspecified atom stereocenters. The second kappa shape index (κ2) is 17.3. The predicted octanol–water partition coefficient (Wildman–Crippen LogP) is 5.67. The number of aliphatic imine (C=N–C) groups is 3. The molecule has 0 bridgehead atoms. The van der Waals surface area contributed by atoms with Crippen LogP contribution in [-0.4, -0.2) is 55.2 Å². The van der Waals surface area contributed by atoms with E-state index in [2.05, 4.69) is 30.9 Å². The van der Waals surface area contributed by atoms with Crippen LogP contribution >= 0.6 is 0 Å². The number of hydrogen-bond donors (Lipinski definition) is 3. The van der Waals surface area contributed by atoms with Gasteiger partial charge in [-0.15, -0.1) is 0 Å². The molecule has 3 N–H and O–H groups in total. The highest BCUT2D eigenvalue weighted by molar-refractivity contribution is 5.85. The zero-order valence-electron chi connectivity index (χ0n) is 26.5. The number of rotatable bonds is 13. The van der Waals surface area contributed by atoms with Crippen LogP contribution in [0.1, 0.15) is 34.7 Å². The van der Waals surface area contributed by atoms with Crippen molar-refractivity contribution < 1.29 is 43.0 Å². The molecule has 3 rings (SSSR count). The van der Waals surface area contributed by atoms with Gasteiger partial charge in [-0.25, -0.2) is 28.8 Å². The first kappa shape index (κ1) is 36.1. The number of hydrogen-bond acceptors (Lipinski definition) is 12. The van der Waals surface area contributed by atoms with E-state index >= 15 is 0 Å². The van der Waals surface area contributed by atoms with E-state index in [9.17, 15) is 28.8 Å². The van der Waals surface area contributed by atoms with Gasteiger partial charge in [0, 0.05) is 12.2 Å². The van der Waals surface area contributed by atoms with Gasteiger partial charge in [0.1, 0.15) is 19.8 Å². The highest BCUT2D eigenvalue weighted by atomic mass is 16.6. The number of nitrogens with one attached hydrogen (secondary N) is 3. The molecule has 3 amide bonds. The maximum absolute atomic E-state index is 12.8. The van der Waals surface area contributed by atoms with Crippen molar-refractivity contribution in [1.29, 1.82) is 0 Å². The number of carbonyl (C=O) groups excluding carboxylic acids is 6. The highest BCUT2D eigenvalue weighted by Gasteiger charge is 2.30.